The number of halogens is 5. The van der Waals surface area contributed by atoms with Crippen molar-refractivity contribution in [3.63, 3.8) is 0 Å². The Kier molecular flexibility index (Phi) is 5.85. The van der Waals surface area contributed by atoms with Crippen LogP contribution in [0, 0.1) is 18.6 Å². The zero-order chi connectivity index (χ0) is 21.4. The molecule has 0 saturated carbocycles. The number of hydrogen-bond donors (Lipinski definition) is 2. The van der Waals surface area contributed by atoms with Gasteiger partial charge in [0.25, 0.3) is 5.91 Å². The van der Waals surface area contributed by atoms with Crippen LogP contribution in [-0.2, 0) is 17.1 Å². The van der Waals surface area contributed by atoms with Crippen LogP contribution in [0.4, 0.5) is 27.6 Å². The van der Waals surface area contributed by atoms with Gasteiger partial charge in [-0.15, -0.1) is 0 Å². The number of alkyl halides is 3. The van der Waals surface area contributed by atoms with Gasteiger partial charge in [-0.1, -0.05) is 0 Å². The van der Waals surface area contributed by atoms with Crippen molar-refractivity contribution >= 4 is 21.6 Å². The highest BCUT2D eigenvalue weighted by atomic mass is 32.2. The van der Waals surface area contributed by atoms with E-state index in [9.17, 15) is 35.2 Å². The smallest absolute Gasteiger partial charge is 0.343 e. The van der Waals surface area contributed by atoms with Gasteiger partial charge >= 0.3 is 6.18 Å². The second-order valence-corrected chi connectivity index (χ2v) is 7.69. The molecule has 0 bridgehead atoms. The Morgan fingerprint density at radius 1 is 1.14 bits per heavy atom. The molecule has 12 heteroatoms. The molecule has 1 aromatic heterocycles. The minimum atomic E-state index is -4.79. The van der Waals surface area contributed by atoms with Crippen LogP contribution in [0.25, 0.3) is 0 Å². The summed E-state index contributed by atoms with van der Waals surface area (Å²) in [5.74, 6) is -3.18. The first-order valence-electron chi connectivity index (χ1n) is 7.76. The average Bonchev–Trinajstić information content (AvgIpc) is 2.86. The van der Waals surface area contributed by atoms with Gasteiger partial charge in [0, 0.05) is 24.5 Å². The van der Waals surface area contributed by atoms with Gasteiger partial charge in [-0.05, 0) is 32.0 Å². The van der Waals surface area contributed by atoms with E-state index in [0.717, 1.165) is 28.8 Å². The van der Waals surface area contributed by atoms with Gasteiger partial charge in [-0.2, -0.15) is 17.9 Å². The lowest BCUT2D eigenvalue weighted by atomic mass is 10.3. The van der Waals surface area contributed by atoms with E-state index in [4.69, 9.17) is 0 Å². The maximum absolute atomic E-state index is 13.2. The number of anilines is 1. The maximum Gasteiger partial charge on any atom is 0.404 e. The first-order valence-corrected chi connectivity index (χ1v) is 9.24. The highest BCUT2D eigenvalue weighted by Crippen LogP contribution is 2.25. The minimum Gasteiger partial charge on any atom is -0.343 e. The SMILES string of the molecule is Cc1c(S(=O)(=O)NC(C)C(F)(F)F)cc(C(=O)Nc2ccc(F)c(F)c2)n1C. The van der Waals surface area contributed by atoms with E-state index in [1.165, 1.54) is 18.7 Å². The van der Waals surface area contributed by atoms with Crippen molar-refractivity contribution in [2.45, 2.75) is 31.0 Å². The van der Waals surface area contributed by atoms with Crippen LogP contribution in [0.15, 0.2) is 29.2 Å². The van der Waals surface area contributed by atoms with Crippen LogP contribution in [0.2, 0.25) is 0 Å². The minimum absolute atomic E-state index is 0.0114. The van der Waals surface area contributed by atoms with Gasteiger partial charge in [0.2, 0.25) is 10.0 Å². The summed E-state index contributed by atoms with van der Waals surface area (Å²) in [6.45, 7) is 1.95. The van der Waals surface area contributed by atoms with Crippen molar-refractivity contribution in [1.82, 2.24) is 9.29 Å². The summed E-state index contributed by atoms with van der Waals surface area (Å²) in [6.07, 6.45) is -4.79. The summed E-state index contributed by atoms with van der Waals surface area (Å²) in [7, 11) is -3.24. The summed E-state index contributed by atoms with van der Waals surface area (Å²) in [5.41, 5.74) is -0.282. The molecular formula is C16H16F5N3O3S. The number of benzene rings is 1. The number of carbonyl (C=O) groups is 1. The molecule has 0 spiro atoms. The molecule has 0 aliphatic rings. The van der Waals surface area contributed by atoms with Crippen LogP contribution >= 0.6 is 0 Å². The van der Waals surface area contributed by atoms with E-state index in [1.54, 1.807) is 0 Å². The van der Waals surface area contributed by atoms with Crippen LogP contribution in [-0.4, -0.2) is 31.1 Å². The third-order valence-corrected chi connectivity index (χ3v) is 5.67. The molecule has 0 fully saturated rings. The van der Waals surface area contributed by atoms with Gasteiger partial charge in [0.05, 0.1) is 0 Å². The van der Waals surface area contributed by atoms with Crippen molar-refractivity contribution in [3.05, 3.63) is 47.3 Å². The Morgan fingerprint density at radius 3 is 2.29 bits per heavy atom. The Morgan fingerprint density at radius 2 is 1.75 bits per heavy atom. The summed E-state index contributed by atoms with van der Waals surface area (Å²) in [6, 6.07) is 1.18. The molecule has 1 unspecified atom stereocenters. The molecule has 0 aliphatic carbocycles. The molecule has 6 nitrogen and oxygen atoms in total. The Hall–Kier alpha value is -2.47. The fraction of sp³-hybridized carbons (Fsp3) is 0.312. The van der Waals surface area contributed by atoms with Crippen LogP contribution in [0.5, 0.6) is 0 Å². The number of nitrogens with zero attached hydrogens (tertiary/aromatic N) is 1. The third-order valence-electron chi connectivity index (χ3n) is 4.01. The molecule has 2 aromatic rings. The first kappa shape index (κ1) is 21.8. The quantitative estimate of drug-likeness (QED) is 0.723. The van der Waals surface area contributed by atoms with Crippen molar-refractivity contribution in [1.29, 1.82) is 0 Å². The van der Waals surface area contributed by atoms with E-state index >= 15 is 0 Å². The summed E-state index contributed by atoms with van der Waals surface area (Å²) in [4.78, 5) is 11.8. The molecule has 2 N–H and O–H groups in total. The third kappa shape index (κ3) is 4.50. The lowest BCUT2D eigenvalue weighted by molar-refractivity contribution is -0.147. The van der Waals surface area contributed by atoms with E-state index in [2.05, 4.69) is 5.32 Å². The molecule has 1 atom stereocenters. The molecular weight excluding hydrogens is 409 g/mol. The average molecular weight is 425 g/mol. The molecule has 0 saturated heterocycles. The molecule has 154 valence electrons. The van der Waals surface area contributed by atoms with Gasteiger partial charge in [0.1, 0.15) is 16.6 Å². The number of nitrogens with one attached hydrogen (secondary N) is 2. The highest BCUT2D eigenvalue weighted by Gasteiger charge is 2.39. The number of sulfonamides is 1. The van der Waals surface area contributed by atoms with Crippen molar-refractivity contribution in [2.24, 2.45) is 7.05 Å². The lowest BCUT2D eigenvalue weighted by Gasteiger charge is -2.17. The van der Waals surface area contributed by atoms with Gasteiger partial charge in [0.15, 0.2) is 11.6 Å². The summed E-state index contributed by atoms with van der Waals surface area (Å²) >= 11 is 0. The largest absolute Gasteiger partial charge is 0.404 e. The van der Waals surface area contributed by atoms with Crippen LogP contribution in [0.1, 0.15) is 23.1 Å². The maximum atomic E-state index is 13.2. The van der Waals surface area contributed by atoms with Crippen molar-refractivity contribution < 1.29 is 35.2 Å². The fourth-order valence-corrected chi connectivity index (χ4v) is 3.81. The Balaban J connectivity index is 2.33. The monoisotopic (exact) mass is 425 g/mol. The van der Waals surface area contributed by atoms with Crippen molar-refractivity contribution in [2.75, 3.05) is 5.32 Å². The van der Waals surface area contributed by atoms with E-state index in [-0.39, 0.29) is 17.1 Å². The number of rotatable bonds is 5. The Labute approximate surface area is 157 Å². The summed E-state index contributed by atoms with van der Waals surface area (Å²) in [5, 5.41) is 2.26. The summed E-state index contributed by atoms with van der Waals surface area (Å²) < 4.78 is 91.4. The van der Waals surface area contributed by atoms with E-state index in [0.29, 0.717) is 6.92 Å². The Bertz CT molecular complexity index is 1020. The normalized spacial score (nSPS) is 13.4. The molecule has 0 radical (unpaired) electrons. The standard InChI is InChI=1S/C16H16F5N3O3S/c1-8-14(28(26,27)23-9(2)16(19,20)21)7-13(24(8)3)15(25)22-10-4-5-11(17)12(18)6-10/h4-7,9,23H,1-3H3,(H,22,25). The predicted octanol–water partition coefficient (Wildman–Crippen LogP) is 3.09. The number of amides is 1. The fourth-order valence-electron chi connectivity index (χ4n) is 2.29. The molecule has 28 heavy (non-hydrogen) atoms. The molecule has 1 heterocycles. The van der Waals surface area contributed by atoms with Gasteiger partial charge in [-0.25, -0.2) is 17.2 Å². The first-order chi connectivity index (χ1) is 12.7. The lowest BCUT2D eigenvalue weighted by Crippen LogP contribution is -2.43. The molecule has 2 rings (SSSR count). The molecule has 1 aromatic carbocycles. The zero-order valence-corrected chi connectivity index (χ0v) is 15.7. The second kappa shape index (κ2) is 7.51. The zero-order valence-electron chi connectivity index (χ0n) is 14.9. The molecule has 0 aliphatic heterocycles. The van der Waals surface area contributed by atoms with E-state index < -0.39 is 44.7 Å². The predicted molar refractivity (Wildman–Crippen MR) is 90.3 cm³/mol. The molecule has 1 amide bonds. The van der Waals surface area contributed by atoms with Gasteiger partial charge < -0.3 is 9.88 Å². The number of carbonyl (C=O) groups excluding carboxylic acids is 1. The van der Waals surface area contributed by atoms with Crippen molar-refractivity contribution in [3.8, 4) is 0 Å². The topological polar surface area (TPSA) is 80.2 Å². The van der Waals surface area contributed by atoms with Gasteiger partial charge in [-0.3, -0.25) is 4.79 Å². The second-order valence-electron chi connectivity index (χ2n) is 6.01. The number of hydrogen-bond acceptors (Lipinski definition) is 3. The van der Waals surface area contributed by atoms with Crippen LogP contribution in [0.3, 0.4) is 0 Å². The highest BCUT2D eigenvalue weighted by molar-refractivity contribution is 7.89. The van der Waals surface area contributed by atoms with E-state index in [1.807, 2.05) is 0 Å². The number of aromatic nitrogens is 1. The van der Waals surface area contributed by atoms with Crippen LogP contribution < -0.4 is 10.0 Å².